The Balaban J connectivity index is 0.000000247. The van der Waals surface area contributed by atoms with E-state index in [0.29, 0.717) is 70.0 Å². The van der Waals surface area contributed by atoms with E-state index in [2.05, 4.69) is 9.44 Å². The Bertz CT molecular complexity index is 2420. The molecule has 2 aliphatic heterocycles. The van der Waals surface area contributed by atoms with Crippen LogP contribution in [0.2, 0.25) is 0 Å². The standard InChI is InChI=1S/2C23H27FN2O5S2/c2*1-3-5-6-17-15-26(18-9-7-16(24)8-10-18)19-13-21(32-4-2)20(31-12-11-23(27)28)14-22(19)33(29,30)25-17/h2*7-14,17,25H,3-6,15H2,1-2H3,(H,27,28)/b2*12-11+/t2*17-/m10/s1. The van der Waals surface area contributed by atoms with Crippen molar-refractivity contribution in [3.05, 3.63) is 109 Å². The Morgan fingerprint density at radius 2 is 1.02 bits per heavy atom. The third-order valence-corrected chi connectivity index (χ3v) is 15.1. The summed E-state index contributed by atoms with van der Waals surface area (Å²) in [5.41, 5.74) is 2.26. The smallest absolute Gasteiger partial charge is 0.331 e. The third kappa shape index (κ3) is 14.0. The van der Waals surface area contributed by atoms with Crippen molar-refractivity contribution in [3.8, 4) is 11.5 Å². The molecule has 2 aliphatic rings. The first-order chi connectivity index (χ1) is 31.5. The van der Waals surface area contributed by atoms with Gasteiger partial charge in [-0.05, 0) is 85.0 Å². The molecular weight excluding hydrogens is 935 g/mol. The van der Waals surface area contributed by atoms with Crippen molar-refractivity contribution >= 4 is 78.3 Å². The van der Waals surface area contributed by atoms with Gasteiger partial charge in [0.2, 0.25) is 20.0 Å². The van der Waals surface area contributed by atoms with Crippen molar-refractivity contribution in [1.82, 2.24) is 9.44 Å². The number of unbranched alkanes of at least 4 members (excludes halogenated alkanes) is 2. The molecule has 0 aliphatic carbocycles. The Labute approximate surface area is 393 Å². The topological polar surface area (TPSA) is 192 Å². The number of carboxylic acids is 2. The Morgan fingerprint density at radius 3 is 1.33 bits per heavy atom. The summed E-state index contributed by atoms with van der Waals surface area (Å²) < 4.78 is 97.1. The first-order valence-electron chi connectivity index (χ1n) is 21.3. The number of rotatable bonds is 18. The van der Waals surface area contributed by atoms with Gasteiger partial charge in [-0.25, -0.2) is 44.6 Å². The van der Waals surface area contributed by atoms with E-state index in [4.69, 9.17) is 19.7 Å². The number of fused-ring (bicyclic) bond motifs is 2. The van der Waals surface area contributed by atoms with E-state index in [1.807, 2.05) is 37.5 Å². The number of carboxylic acid groups (broad SMARTS) is 2. The number of aliphatic carboxylic acids is 2. The number of carbonyl (C=O) groups is 2. The monoisotopic (exact) mass is 988 g/mol. The molecule has 0 saturated carbocycles. The predicted molar refractivity (Wildman–Crippen MR) is 255 cm³/mol. The Hall–Kier alpha value is -5.12. The molecule has 66 heavy (non-hydrogen) atoms. The molecule has 0 fully saturated rings. The zero-order valence-electron chi connectivity index (χ0n) is 36.9. The molecule has 0 spiro atoms. The van der Waals surface area contributed by atoms with Crippen LogP contribution in [0, 0.1) is 11.6 Å². The van der Waals surface area contributed by atoms with Crippen molar-refractivity contribution < 1.29 is 54.9 Å². The fraction of sp³-hybridized carbons (Fsp3) is 0.348. The molecule has 0 bridgehead atoms. The van der Waals surface area contributed by atoms with Crippen LogP contribution in [0.3, 0.4) is 0 Å². The van der Waals surface area contributed by atoms with Crippen molar-refractivity contribution in [3.63, 3.8) is 0 Å². The lowest BCUT2D eigenvalue weighted by Gasteiger charge is -2.27. The fourth-order valence-corrected chi connectivity index (χ4v) is 11.6. The van der Waals surface area contributed by atoms with Crippen LogP contribution in [0.15, 0.2) is 117 Å². The SMILES string of the molecule is CCCC[C@@H]1CN(c2ccc(F)cc2)c2cc(SCC)c(O/C=C/C(=O)O)cc2S(=O)(=O)N1.CCCC[C@H]1CN(c2ccc(F)cc2)c2cc(SCC)c(O/C=C/C(=O)O)cc2S(=O)(=O)N1. The Kier molecular flexibility index (Phi) is 18.9. The summed E-state index contributed by atoms with van der Waals surface area (Å²) in [7, 11) is -7.80. The molecule has 356 valence electrons. The number of halogens is 2. The number of ether oxygens (including phenoxy) is 2. The van der Waals surface area contributed by atoms with Crippen molar-refractivity contribution in [2.24, 2.45) is 0 Å². The number of benzene rings is 4. The van der Waals surface area contributed by atoms with Gasteiger partial charge in [-0.3, -0.25) is 0 Å². The number of nitrogens with one attached hydrogen (secondary N) is 2. The van der Waals surface area contributed by atoms with Crippen LogP contribution in [0.1, 0.15) is 66.2 Å². The maximum atomic E-state index is 13.6. The number of sulfonamides is 2. The van der Waals surface area contributed by atoms with Crippen molar-refractivity contribution in [2.75, 3.05) is 34.4 Å². The van der Waals surface area contributed by atoms with Gasteiger partial charge in [0.05, 0.1) is 45.8 Å². The zero-order valence-corrected chi connectivity index (χ0v) is 40.2. The van der Waals surface area contributed by atoms with Crippen LogP contribution >= 0.6 is 23.5 Å². The van der Waals surface area contributed by atoms with Gasteiger partial charge in [-0.2, -0.15) is 0 Å². The summed E-state index contributed by atoms with van der Waals surface area (Å²) in [6.07, 6.45) is 8.57. The summed E-state index contributed by atoms with van der Waals surface area (Å²) in [5, 5.41) is 17.7. The van der Waals surface area contributed by atoms with Gasteiger partial charge in [0.15, 0.2) is 0 Å². The lowest BCUT2D eigenvalue weighted by atomic mass is 10.1. The van der Waals surface area contributed by atoms with Crippen molar-refractivity contribution in [1.29, 1.82) is 0 Å². The minimum absolute atomic E-state index is 0.0185. The predicted octanol–water partition coefficient (Wildman–Crippen LogP) is 9.81. The highest BCUT2D eigenvalue weighted by molar-refractivity contribution is 7.99. The second kappa shape index (κ2) is 24.1. The average Bonchev–Trinajstić information content (AvgIpc) is 3.44. The third-order valence-electron chi connectivity index (χ3n) is 10.2. The quantitative estimate of drug-likeness (QED) is 0.0418. The first-order valence-corrected chi connectivity index (χ1v) is 26.3. The molecule has 4 N–H and O–H groups in total. The summed E-state index contributed by atoms with van der Waals surface area (Å²) in [4.78, 5) is 26.8. The maximum Gasteiger partial charge on any atom is 0.331 e. The molecule has 2 atom stereocenters. The second-order valence-corrected chi connectivity index (χ2v) is 21.0. The molecule has 0 unspecified atom stereocenters. The van der Waals surface area contributed by atoms with Crippen LogP contribution in [0.25, 0.3) is 0 Å². The fourth-order valence-electron chi connectivity index (χ4n) is 7.18. The van der Waals surface area contributed by atoms with Gasteiger partial charge < -0.3 is 29.5 Å². The van der Waals surface area contributed by atoms with Gasteiger partial charge in [0.25, 0.3) is 0 Å². The first kappa shape index (κ1) is 51.9. The molecule has 4 aromatic carbocycles. The summed E-state index contributed by atoms with van der Waals surface area (Å²) in [6, 6.07) is 17.5. The Morgan fingerprint density at radius 1 is 0.652 bits per heavy atom. The van der Waals surface area contributed by atoms with E-state index in [1.165, 1.54) is 59.9 Å². The molecule has 2 heterocycles. The minimum atomic E-state index is -3.90. The number of hydrogen-bond donors (Lipinski definition) is 4. The van der Waals surface area contributed by atoms with Gasteiger partial charge in [0.1, 0.15) is 32.9 Å². The van der Waals surface area contributed by atoms with E-state index in [0.717, 1.165) is 50.4 Å². The summed E-state index contributed by atoms with van der Waals surface area (Å²) in [6.45, 7) is 8.74. The minimum Gasteiger partial charge on any atom is -0.478 e. The summed E-state index contributed by atoms with van der Waals surface area (Å²) in [5.74, 6) is -1.23. The van der Waals surface area contributed by atoms with Crippen LogP contribution < -0.4 is 28.7 Å². The molecular formula is C46H54F2N4O10S4. The van der Waals surface area contributed by atoms with E-state index >= 15 is 0 Å². The zero-order chi connectivity index (χ0) is 48.0. The van der Waals surface area contributed by atoms with Crippen LogP contribution in [-0.4, -0.2) is 75.7 Å². The number of hydrogen-bond acceptors (Lipinski definition) is 12. The van der Waals surface area contributed by atoms with Gasteiger partial charge in [-0.15, -0.1) is 23.5 Å². The highest BCUT2D eigenvalue weighted by Crippen LogP contribution is 2.44. The number of thioether (sulfide) groups is 2. The molecule has 0 amide bonds. The van der Waals surface area contributed by atoms with Crippen LogP contribution in [0.5, 0.6) is 11.5 Å². The summed E-state index contributed by atoms with van der Waals surface area (Å²) >= 11 is 2.89. The van der Waals surface area contributed by atoms with E-state index in [-0.39, 0.29) is 45.0 Å². The highest BCUT2D eigenvalue weighted by Gasteiger charge is 2.35. The molecule has 0 aromatic heterocycles. The van der Waals surface area contributed by atoms with E-state index in [9.17, 15) is 35.2 Å². The van der Waals surface area contributed by atoms with E-state index in [1.54, 1.807) is 36.4 Å². The van der Waals surface area contributed by atoms with E-state index < -0.39 is 32.0 Å². The maximum absolute atomic E-state index is 13.6. The highest BCUT2D eigenvalue weighted by atomic mass is 32.2. The normalized spacial score (nSPS) is 17.5. The lowest BCUT2D eigenvalue weighted by Crippen LogP contribution is -2.39. The van der Waals surface area contributed by atoms with Crippen LogP contribution in [-0.2, 0) is 29.6 Å². The average molecular weight is 989 g/mol. The number of anilines is 4. The largest absolute Gasteiger partial charge is 0.478 e. The van der Waals surface area contributed by atoms with Crippen molar-refractivity contribution in [2.45, 2.75) is 97.9 Å². The van der Waals surface area contributed by atoms with Crippen LogP contribution in [0.4, 0.5) is 31.5 Å². The molecule has 0 saturated heterocycles. The van der Waals surface area contributed by atoms with Gasteiger partial charge >= 0.3 is 11.9 Å². The molecule has 6 rings (SSSR count). The number of nitrogens with zero attached hydrogens (tertiary/aromatic N) is 2. The van der Waals surface area contributed by atoms with Gasteiger partial charge in [0, 0.05) is 48.7 Å². The molecule has 0 radical (unpaired) electrons. The second-order valence-electron chi connectivity index (χ2n) is 15.0. The molecule has 20 heteroatoms. The molecule has 4 aromatic rings. The molecule has 14 nitrogen and oxygen atoms in total. The van der Waals surface area contributed by atoms with Gasteiger partial charge in [-0.1, -0.05) is 53.4 Å². The lowest BCUT2D eigenvalue weighted by molar-refractivity contribution is -0.132.